The Labute approximate surface area is 152 Å². The Kier molecular flexibility index (Phi) is 5.72. The van der Waals surface area contributed by atoms with E-state index in [2.05, 4.69) is 5.32 Å². The van der Waals surface area contributed by atoms with Crippen molar-refractivity contribution in [2.24, 2.45) is 0 Å². The molecule has 0 spiro atoms. The fourth-order valence-electron chi connectivity index (χ4n) is 3.39. The van der Waals surface area contributed by atoms with Crippen LogP contribution in [0, 0.1) is 0 Å². The Morgan fingerprint density at radius 1 is 1.19 bits per heavy atom. The number of hydrogen-bond acceptors (Lipinski definition) is 4. The summed E-state index contributed by atoms with van der Waals surface area (Å²) >= 11 is 0. The fourth-order valence-corrected chi connectivity index (χ4v) is 3.39. The Hall–Kier alpha value is -2.61. The number of carbonyl (C=O) groups is 3. The molecule has 2 heterocycles. The Bertz CT molecular complexity index is 658. The lowest BCUT2D eigenvalue weighted by atomic mass is 10.0. The minimum atomic E-state index is -0.274. The quantitative estimate of drug-likeness (QED) is 0.633. The van der Waals surface area contributed by atoms with Crippen molar-refractivity contribution in [3.05, 3.63) is 30.3 Å². The number of anilines is 1. The van der Waals surface area contributed by atoms with E-state index in [1.165, 1.54) is 4.90 Å². The van der Waals surface area contributed by atoms with Crippen LogP contribution >= 0.6 is 0 Å². The lowest BCUT2D eigenvalue weighted by Crippen LogP contribution is -2.50. The van der Waals surface area contributed by atoms with Gasteiger partial charge in [-0.2, -0.15) is 0 Å². The van der Waals surface area contributed by atoms with E-state index in [4.69, 9.17) is 4.74 Å². The number of carbonyl (C=O) groups excluding carboxylic acids is 3. The average molecular weight is 360 g/mol. The predicted molar refractivity (Wildman–Crippen MR) is 95.9 cm³/mol. The number of nitrogens with zero attached hydrogens (tertiary/aromatic N) is 3. The third-order valence-corrected chi connectivity index (χ3v) is 4.78. The highest BCUT2D eigenvalue weighted by Crippen LogP contribution is 2.26. The molecule has 0 unspecified atom stereocenters. The van der Waals surface area contributed by atoms with Crippen LogP contribution in [0.2, 0.25) is 0 Å². The van der Waals surface area contributed by atoms with Crippen LogP contribution in [0.3, 0.4) is 0 Å². The van der Waals surface area contributed by atoms with Crippen LogP contribution in [0.5, 0.6) is 0 Å². The molecular weight excluding hydrogens is 336 g/mol. The van der Waals surface area contributed by atoms with Crippen LogP contribution in [0.4, 0.5) is 15.3 Å². The summed E-state index contributed by atoms with van der Waals surface area (Å²) in [6.07, 6.45) is 1.33. The first-order chi connectivity index (χ1) is 12.6. The molecule has 2 aliphatic rings. The van der Waals surface area contributed by atoms with E-state index < -0.39 is 0 Å². The average Bonchev–Trinajstić information content (AvgIpc) is 2.97. The van der Waals surface area contributed by atoms with Crippen LogP contribution in [0.1, 0.15) is 12.8 Å². The first-order valence-corrected chi connectivity index (χ1v) is 8.82. The van der Waals surface area contributed by atoms with Gasteiger partial charge in [-0.25, -0.2) is 14.5 Å². The van der Waals surface area contributed by atoms with Crippen LogP contribution in [0.25, 0.3) is 0 Å². The van der Waals surface area contributed by atoms with Crippen molar-refractivity contribution in [1.82, 2.24) is 15.1 Å². The second kappa shape index (κ2) is 8.18. The molecular formula is C18H24N4O4. The number of methoxy groups -OCH3 is 1. The van der Waals surface area contributed by atoms with Crippen molar-refractivity contribution in [3.63, 3.8) is 0 Å². The molecule has 1 N–H and O–H groups in total. The first kappa shape index (κ1) is 18.2. The van der Waals surface area contributed by atoms with E-state index in [1.807, 2.05) is 6.07 Å². The van der Waals surface area contributed by atoms with Crippen LogP contribution < -0.4 is 10.2 Å². The molecule has 0 aromatic heterocycles. The second-order valence-electron chi connectivity index (χ2n) is 6.42. The van der Waals surface area contributed by atoms with Crippen LogP contribution in [0.15, 0.2) is 30.3 Å². The molecule has 2 fully saturated rings. The number of nitrogens with one attached hydrogen (secondary N) is 1. The summed E-state index contributed by atoms with van der Waals surface area (Å²) in [7, 11) is 1.59. The normalized spacial score (nSPS) is 18.6. The summed E-state index contributed by atoms with van der Waals surface area (Å²) in [5.74, 6) is -0.207. The molecule has 2 aliphatic heterocycles. The summed E-state index contributed by atoms with van der Waals surface area (Å²) in [5, 5.41) is 2.80. The number of amides is 5. The molecule has 0 bridgehead atoms. The molecule has 8 nitrogen and oxygen atoms in total. The Balaban J connectivity index is 1.56. The van der Waals surface area contributed by atoms with E-state index in [0.717, 1.165) is 0 Å². The number of ether oxygens (including phenoxy) is 1. The van der Waals surface area contributed by atoms with Gasteiger partial charge in [-0.3, -0.25) is 4.79 Å². The number of para-hydroxylation sites is 1. The maximum Gasteiger partial charge on any atom is 0.332 e. The number of hydrogen-bond donors (Lipinski definition) is 1. The number of likely N-dealkylation sites (tertiary alicyclic amines) is 1. The van der Waals surface area contributed by atoms with E-state index >= 15 is 0 Å². The Morgan fingerprint density at radius 3 is 2.54 bits per heavy atom. The van der Waals surface area contributed by atoms with Gasteiger partial charge in [0.2, 0.25) is 0 Å². The summed E-state index contributed by atoms with van der Waals surface area (Å²) in [4.78, 5) is 41.7. The van der Waals surface area contributed by atoms with E-state index in [0.29, 0.717) is 44.8 Å². The molecule has 3 rings (SSSR count). The molecule has 5 amide bonds. The minimum Gasteiger partial charge on any atom is -0.383 e. The molecule has 0 aliphatic carbocycles. The van der Waals surface area contributed by atoms with Gasteiger partial charge in [-0.1, -0.05) is 18.2 Å². The van der Waals surface area contributed by atoms with Crippen LogP contribution in [-0.2, 0) is 9.53 Å². The largest absolute Gasteiger partial charge is 0.383 e. The summed E-state index contributed by atoms with van der Waals surface area (Å²) in [6, 6.07) is 8.55. The lowest BCUT2D eigenvalue weighted by Gasteiger charge is -2.36. The van der Waals surface area contributed by atoms with Crippen molar-refractivity contribution in [3.8, 4) is 0 Å². The van der Waals surface area contributed by atoms with Gasteiger partial charge in [0, 0.05) is 32.8 Å². The molecule has 0 atom stereocenters. The van der Waals surface area contributed by atoms with Crippen molar-refractivity contribution >= 4 is 23.7 Å². The molecule has 0 radical (unpaired) electrons. The first-order valence-electron chi connectivity index (χ1n) is 8.82. The van der Waals surface area contributed by atoms with Gasteiger partial charge in [-0.15, -0.1) is 0 Å². The topological polar surface area (TPSA) is 82.2 Å². The number of urea groups is 2. The predicted octanol–water partition coefficient (Wildman–Crippen LogP) is 1.28. The van der Waals surface area contributed by atoms with Gasteiger partial charge >= 0.3 is 12.1 Å². The number of imide groups is 1. The van der Waals surface area contributed by atoms with Gasteiger partial charge in [0.05, 0.1) is 12.3 Å². The van der Waals surface area contributed by atoms with Crippen molar-refractivity contribution < 1.29 is 19.1 Å². The van der Waals surface area contributed by atoms with Gasteiger partial charge < -0.3 is 19.9 Å². The molecule has 1 aromatic rings. The highest BCUT2D eigenvalue weighted by atomic mass is 16.5. The zero-order valence-corrected chi connectivity index (χ0v) is 14.9. The minimum absolute atomic E-state index is 0.0248. The maximum absolute atomic E-state index is 12.7. The van der Waals surface area contributed by atoms with E-state index in [1.54, 1.807) is 41.2 Å². The molecule has 8 heteroatoms. The van der Waals surface area contributed by atoms with Gasteiger partial charge in [0.25, 0.3) is 5.91 Å². The van der Waals surface area contributed by atoms with Gasteiger partial charge in [0.1, 0.15) is 6.54 Å². The smallest absolute Gasteiger partial charge is 0.332 e. The molecule has 0 saturated carbocycles. The summed E-state index contributed by atoms with van der Waals surface area (Å²) < 4.78 is 4.92. The number of piperidine rings is 1. The van der Waals surface area contributed by atoms with Gasteiger partial charge in [0.15, 0.2) is 0 Å². The third kappa shape index (κ3) is 3.80. The highest BCUT2D eigenvalue weighted by Gasteiger charge is 2.41. The van der Waals surface area contributed by atoms with Gasteiger partial charge in [-0.05, 0) is 25.0 Å². The zero-order valence-electron chi connectivity index (χ0n) is 14.9. The maximum atomic E-state index is 12.7. The van der Waals surface area contributed by atoms with Crippen molar-refractivity contribution in [2.45, 2.75) is 18.9 Å². The summed E-state index contributed by atoms with van der Waals surface area (Å²) in [5.41, 5.74) is 0.597. The Morgan fingerprint density at radius 2 is 1.88 bits per heavy atom. The molecule has 26 heavy (non-hydrogen) atoms. The lowest BCUT2D eigenvalue weighted by molar-refractivity contribution is -0.116. The zero-order chi connectivity index (χ0) is 18.5. The fraction of sp³-hybridized carbons (Fsp3) is 0.500. The summed E-state index contributed by atoms with van der Waals surface area (Å²) in [6.45, 7) is 2.17. The molecule has 1 aromatic carbocycles. The molecule has 2 saturated heterocycles. The van der Waals surface area contributed by atoms with Crippen molar-refractivity contribution in [1.29, 1.82) is 0 Å². The third-order valence-electron chi connectivity index (χ3n) is 4.78. The SMILES string of the molecule is COCCNC(=O)N1CCC(N2CC(=O)N(c3ccccc3)C2=O)CC1. The van der Waals surface area contributed by atoms with Crippen LogP contribution in [-0.4, -0.2) is 73.7 Å². The monoisotopic (exact) mass is 360 g/mol. The molecule has 140 valence electrons. The van der Waals surface area contributed by atoms with E-state index in [-0.39, 0.29) is 30.6 Å². The number of benzene rings is 1. The standard InChI is InChI=1S/C18H24N4O4/c1-26-12-9-19-17(24)20-10-7-14(8-11-20)21-13-16(23)22(18(21)25)15-5-3-2-4-6-15/h2-6,14H,7-13H2,1H3,(H,19,24). The highest BCUT2D eigenvalue weighted by molar-refractivity contribution is 6.19. The number of rotatable bonds is 5. The van der Waals surface area contributed by atoms with E-state index in [9.17, 15) is 14.4 Å². The van der Waals surface area contributed by atoms with Crippen molar-refractivity contribution in [2.75, 3.05) is 44.8 Å². The second-order valence-corrected chi connectivity index (χ2v) is 6.42.